The second kappa shape index (κ2) is 6.61. The number of nitrogens with zero attached hydrogens (tertiary/aromatic N) is 2. The van der Waals surface area contributed by atoms with Crippen LogP contribution in [0.5, 0.6) is 17.2 Å². The zero-order valence-corrected chi connectivity index (χ0v) is 19.8. The van der Waals surface area contributed by atoms with Gasteiger partial charge in [0.1, 0.15) is 11.9 Å². The Labute approximate surface area is 208 Å². The van der Waals surface area contributed by atoms with Crippen LogP contribution >= 0.6 is 0 Å². The number of rotatable bonds is 3. The number of carbonyl (C=O) groups is 2. The van der Waals surface area contributed by atoms with E-state index in [1.54, 1.807) is 18.2 Å². The number of imide groups is 1. The number of aromatic hydroxyl groups is 2. The number of benzene rings is 2. The van der Waals surface area contributed by atoms with Gasteiger partial charge < -0.3 is 20.1 Å². The van der Waals surface area contributed by atoms with Crippen LogP contribution in [0.2, 0.25) is 0 Å². The van der Waals surface area contributed by atoms with Gasteiger partial charge in [0.15, 0.2) is 11.5 Å². The molecule has 1 saturated heterocycles. The van der Waals surface area contributed by atoms with Crippen LogP contribution in [0.4, 0.5) is 0 Å². The van der Waals surface area contributed by atoms with Gasteiger partial charge in [0.2, 0.25) is 0 Å². The fraction of sp³-hybridized carbons (Fsp3) is 0.500. The maximum atomic E-state index is 13.5. The van der Waals surface area contributed by atoms with Gasteiger partial charge in [-0.2, -0.15) is 0 Å². The molecule has 2 saturated carbocycles. The van der Waals surface area contributed by atoms with Crippen molar-refractivity contribution in [1.82, 2.24) is 9.80 Å². The number of hydrogen-bond acceptors (Lipinski definition) is 7. The second-order valence-corrected chi connectivity index (χ2v) is 11.6. The van der Waals surface area contributed by atoms with Crippen molar-refractivity contribution in [1.29, 1.82) is 0 Å². The number of likely N-dealkylation sites (tertiary alicyclic amines) is 1. The van der Waals surface area contributed by atoms with Gasteiger partial charge in [-0.15, -0.1) is 0 Å². The summed E-state index contributed by atoms with van der Waals surface area (Å²) in [5, 5.41) is 33.8. The highest BCUT2D eigenvalue weighted by Gasteiger charge is 2.74. The van der Waals surface area contributed by atoms with Crippen LogP contribution in [-0.2, 0) is 11.8 Å². The van der Waals surface area contributed by atoms with E-state index in [0.717, 1.165) is 24.2 Å². The standard InChI is InChI=1S/C28H28N2O6/c31-18-3-1-2-16-21(18)26(34)30(25(16)33)17-8-9-28(35)20-12-15-6-7-19(32)23-22(15)27(28,24(17)36-23)10-11-29(20)13-14-4-5-14/h1-3,6-7,14,17,20,24,31-32,35H,4-5,8-13H2/t17-,20-,24+,27+,28?/m1/s1. The van der Waals surface area contributed by atoms with Crippen molar-refractivity contribution in [3.63, 3.8) is 0 Å². The van der Waals surface area contributed by atoms with Gasteiger partial charge in [0, 0.05) is 18.2 Å². The van der Waals surface area contributed by atoms with E-state index in [0.29, 0.717) is 37.4 Å². The predicted octanol–water partition coefficient (Wildman–Crippen LogP) is 2.33. The van der Waals surface area contributed by atoms with Crippen molar-refractivity contribution in [2.24, 2.45) is 5.92 Å². The van der Waals surface area contributed by atoms with Crippen LogP contribution in [0, 0.1) is 5.92 Å². The van der Waals surface area contributed by atoms with Crippen LogP contribution < -0.4 is 4.74 Å². The Morgan fingerprint density at radius 2 is 1.83 bits per heavy atom. The minimum atomic E-state index is -1.09. The second-order valence-electron chi connectivity index (χ2n) is 11.6. The summed E-state index contributed by atoms with van der Waals surface area (Å²) in [5.74, 6) is -0.0745. The molecule has 5 atom stereocenters. The Morgan fingerprint density at radius 1 is 1.00 bits per heavy atom. The van der Waals surface area contributed by atoms with E-state index in [9.17, 15) is 24.9 Å². The summed E-state index contributed by atoms with van der Waals surface area (Å²) >= 11 is 0. The topological polar surface area (TPSA) is 111 Å². The van der Waals surface area contributed by atoms with Crippen molar-refractivity contribution >= 4 is 11.8 Å². The van der Waals surface area contributed by atoms with E-state index in [-0.39, 0.29) is 28.7 Å². The van der Waals surface area contributed by atoms with Crippen molar-refractivity contribution in [2.75, 3.05) is 13.1 Å². The highest BCUT2D eigenvalue weighted by Crippen LogP contribution is 2.66. The first-order chi connectivity index (χ1) is 17.3. The molecule has 3 aliphatic carbocycles. The largest absolute Gasteiger partial charge is 0.507 e. The van der Waals surface area contributed by atoms with Gasteiger partial charge in [-0.05, 0) is 74.8 Å². The van der Waals surface area contributed by atoms with Gasteiger partial charge in [-0.3, -0.25) is 19.4 Å². The number of hydrogen-bond donors (Lipinski definition) is 3. The van der Waals surface area contributed by atoms with E-state index in [1.807, 2.05) is 6.07 Å². The molecule has 8 heteroatoms. The quantitative estimate of drug-likeness (QED) is 0.569. The highest BCUT2D eigenvalue weighted by molar-refractivity contribution is 6.22. The minimum absolute atomic E-state index is 0.0255. The number of ether oxygens (including phenoxy) is 1. The molecule has 2 bridgehead atoms. The number of piperidine rings is 1. The van der Waals surface area contributed by atoms with Crippen molar-refractivity contribution in [3.8, 4) is 17.2 Å². The average Bonchev–Trinajstić information content (AvgIpc) is 3.54. The highest BCUT2D eigenvalue weighted by atomic mass is 16.5. The molecule has 3 fully saturated rings. The molecule has 2 amide bonds. The molecule has 3 aliphatic heterocycles. The molecule has 186 valence electrons. The molecule has 36 heavy (non-hydrogen) atoms. The SMILES string of the molecule is O=C1c2cccc(O)c2C(=O)N1[C@@H]1CCC2(O)[C@H]3Cc4ccc(O)c5c4[C@@]2(CCN3CC2CC2)[C@H]1O5. The summed E-state index contributed by atoms with van der Waals surface area (Å²) in [6.07, 6.45) is 3.95. The molecule has 8 rings (SSSR count). The summed E-state index contributed by atoms with van der Waals surface area (Å²) in [6.45, 7) is 1.78. The monoisotopic (exact) mass is 488 g/mol. The lowest BCUT2D eigenvalue weighted by Gasteiger charge is -2.64. The summed E-state index contributed by atoms with van der Waals surface area (Å²) in [6, 6.07) is 7.45. The number of phenols is 2. The van der Waals surface area contributed by atoms with E-state index in [1.165, 1.54) is 23.8 Å². The van der Waals surface area contributed by atoms with Crippen LogP contribution in [0.3, 0.4) is 0 Å². The number of phenolic OH excluding ortho intramolecular Hbond substituents is 2. The third kappa shape index (κ3) is 2.29. The summed E-state index contributed by atoms with van der Waals surface area (Å²) in [5.41, 5.74) is 0.245. The van der Waals surface area contributed by atoms with Gasteiger partial charge in [-0.1, -0.05) is 12.1 Å². The van der Waals surface area contributed by atoms with Crippen LogP contribution in [-0.4, -0.2) is 73.8 Å². The van der Waals surface area contributed by atoms with Gasteiger partial charge >= 0.3 is 0 Å². The zero-order chi connectivity index (χ0) is 24.6. The lowest BCUT2D eigenvalue weighted by Crippen LogP contribution is -2.78. The molecule has 2 aromatic rings. The minimum Gasteiger partial charge on any atom is -0.507 e. The van der Waals surface area contributed by atoms with Gasteiger partial charge in [0.25, 0.3) is 11.8 Å². The molecule has 3 N–H and O–H groups in total. The average molecular weight is 489 g/mol. The molecule has 6 aliphatic rings. The first-order valence-electron chi connectivity index (χ1n) is 13.0. The zero-order valence-electron chi connectivity index (χ0n) is 19.8. The third-order valence-electron chi connectivity index (χ3n) is 9.99. The summed E-state index contributed by atoms with van der Waals surface area (Å²) < 4.78 is 6.52. The van der Waals surface area contributed by atoms with E-state index in [2.05, 4.69) is 4.90 Å². The van der Waals surface area contributed by atoms with Crippen molar-refractivity contribution in [3.05, 3.63) is 52.6 Å². The molecule has 1 spiro atoms. The molecule has 0 radical (unpaired) electrons. The lowest BCUT2D eigenvalue weighted by atomic mass is 9.48. The predicted molar refractivity (Wildman–Crippen MR) is 127 cm³/mol. The fourth-order valence-electron chi connectivity index (χ4n) is 8.31. The number of fused-ring (bicyclic) bond motifs is 1. The van der Waals surface area contributed by atoms with E-state index in [4.69, 9.17) is 4.74 Å². The summed E-state index contributed by atoms with van der Waals surface area (Å²) in [7, 11) is 0. The van der Waals surface area contributed by atoms with Crippen LogP contribution in [0.1, 0.15) is 63.9 Å². The Bertz CT molecular complexity index is 1370. The molecule has 3 heterocycles. The Balaban J connectivity index is 1.28. The van der Waals surface area contributed by atoms with Gasteiger partial charge in [0.05, 0.1) is 28.2 Å². The molecule has 8 nitrogen and oxygen atoms in total. The number of amides is 2. The maximum Gasteiger partial charge on any atom is 0.265 e. The Morgan fingerprint density at radius 3 is 2.61 bits per heavy atom. The summed E-state index contributed by atoms with van der Waals surface area (Å²) in [4.78, 5) is 30.7. The normalized spacial score (nSPS) is 36.0. The molecular formula is C28H28N2O6. The Kier molecular flexibility index (Phi) is 3.86. The molecule has 0 aromatic heterocycles. The van der Waals surface area contributed by atoms with Crippen LogP contribution in [0.25, 0.3) is 0 Å². The maximum absolute atomic E-state index is 13.5. The number of aliphatic hydroxyl groups is 1. The molecular weight excluding hydrogens is 460 g/mol. The smallest absolute Gasteiger partial charge is 0.265 e. The lowest BCUT2D eigenvalue weighted by molar-refractivity contribution is -0.196. The molecule has 2 aromatic carbocycles. The van der Waals surface area contributed by atoms with E-state index < -0.39 is 35.0 Å². The van der Waals surface area contributed by atoms with E-state index >= 15 is 0 Å². The Hall–Kier alpha value is -3.10. The fourth-order valence-corrected chi connectivity index (χ4v) is 8.31. The van der Waals surface area contributed by atoms with Crippen LogP contribution in [0.15, 0.2) is 30.3 Å². The molecule has 1 unspecified atom stereocenters. The van der Waals surface area contributed by atoms with Gasteiger partial charge in [-0.25, -0.2) is 0 Å². The first-order valence-corrected chi connectivity index (χ1v) is 13.0. The van der Waals surface area contributed by atoms with Crippen molar-refractivity contribution in [2.45, 2.75) is 67.7 Å². The third-order valence-corrected chi connectivity index (χ3v) is 9.99. The first kappa shape index (κ1) is 21.0. The van der Waals surface area contributed by atoms with Crippen molar-refractivity contribution < 1.29 is 29.6 Å². The number of carbonyl (C=O) groups excluding carboxylic acids is 2.